The molecule has 1 atom stereocenters. The van der Waals surface area contributed by atoms with Gasteiger partial charge in [0.1, 0.15) is 5.82 Å². The molecule has 0 aromatic heterocycles. The fourth-order valence-corrected chi connectivity index (χ4v) is 2.87. The molecule has 1 aliphatic carbocycles. The molecule has 1 saturated carbocycles. The molecule has 2 rings (SSSR count). The van der Waals surface area contributed by atoms with E-state index in [0.717, 1.165) is 25.7 Å². The van der Waals surface area contributed by atoms with Crippen LogP contribution in [-0.2, 0) is 15.0 Å². The summed E-state index contributed by atoms with van der Waals surface area (Å²) in [5.74, 6) is -0.270. The van der Waals surface area contributed by atoms with Gasteiger partial charge in [-0.1, -0.05) is 31.0 Å². The van der Waals surface area contributed by atoms with Crippen molar-refractivity contribution in [3.05, 3.63) is 35.6 Å². The van der Waals surface area contributed by atoms with Crippen LogP contribution in [0.5, 0.6) is 0 Å². The standard InChI is InChI=1S/C13H17FO3/c1-16-12(17-15)13(8-4-5-9-13)10-6-2-3-7-11(10)14/h2-3,6-7,12,15H,4-5,8-9H2,1H3. The highest BCUT2D eigenvalue weighted by Gasteiger charge is 2.46. The molecule has 1 unspecified atom stereocenters. The van der Waals surface area contributed by atoms with Gasteiger partial charge in [0.2, 0.25) is 0 Å². The Balaban J connectivity index is 2.44. The molecule has 0 saturated heterocycles. The lowest BCUT2D eigenvalue weighted by Gasteiger charge is -2.34. The minimum absolute atomic E-state index is 0.270. The molecule has 1 aromatic rings. The Morgan fingerprint density at radius 1 is 1.29 bits per heavy atom. The first-order valence-corrected chi connectivity index (χ1v) is 5.82. The molecule has 0 heterocycles. The molecular weight excluding hydrogens is 223 g/mol. The molecule has 94 valence electrons. The van der Waals surface area contributed by atoms with Gasteiger partial charge in [0.05, 0.1) is 5.41 Å². The molecule has 0 bridgehead atoms. The fraction of sp³-hybridized carbons (Fsp3) is 0.538. The van der Waals surface area contributed by atoms with E-state index >= 15 is 0 Å². The van der Waals surface area contributed by atoms with Crippen molar-refractivity contribution in [3.8, 4) is 0 Å². The Labute approximate surface area is 100 Å². The quantitative estimate of drug-likeness (QED) is 0.499. The molecule has 1 N–H and O–H groups in total. The highest BCUT2D eigenvalue weighted by molar-refractivity contribution is 5.29. The number of methoxy groups -OCH3 is 1. The summed E-state index contributed by atoms with van der Waals surface area (Å²) in [5, 5.41) is 8.96. The Kier molecular flexibility index (Phi) is 3.76. The Morgan fingerprint density at radius 3 is 2.47 bits per heavy atom. The number of hydrogen-bond donors (Lipinski definition) is 1. The zero-order valence-corrected chi connectivity index (χ0v) is 9.86. The van der Waals surface area contributed by atoms with E-state index < -0.39 is 11.7 Å². The smallest absolute Gasteiger partial charge is 0.200 e. The van der Waals surface area contributed by atoms with Crippen molar-refractivity contribution in [2.75, 3.05) is 7.11 Å². The van der Waals surface area contributed by atoms with Crippen LogP contribution < -0.4 is 0 Å². The van der Waals surface area contributed by atoms with E-state index in [2.05, 4.69) is 4.89 Å². The zero-order chi connectivity index (χ0) is 12.3. The molecule has 3 nitrogen and oxygen atoms in total. The van der Waals surface area contributed by atoms with Gasteiger partial charge in [0.15, 0.2) is 6.29 Å². The van der Waals surface area contributed by atoms with Crippen LogP contribution in [0.3, 0.4) is 0 Å². The minimum Gasteiger partial charge on any atom is -0.352 e. The van der Waals surface area contributed by atoms with E-state index in [4.69, 9.17) is 9.99 Å². The number of benzene rings is 1. The maximum absolute atomic E-state index is 13.9. The van der Waals surface area contributed by atoms with Gasteiger partial charge in [-0.25, -0.2) is 14.5 Å². The van der Waals surface area contributed by atoms with Gasteiger partial charge in [0.25, 0.3) is 0 Å². The molecule has 0 amide bonds. The monoisotopic (exact) mass is 240 g/mol. The molecule has 1 fully saturated rings. The molecule has 1 aromatic carbocycles. The van der Waals surface area contributed by atoms with E-state index in [1.165, 1.54) is 13.2 Å². The van der Waals surface area contributed by atoms with Crippen LogP contribution in [0.4, 0.5) is 4.39 Å². The predicted molar refractivity (Wildman–Crippen MR) is 61.1 cm³/mol. The summed E-state index contributed by atoms with van der Waals surface area (Å²) in [4.78, 5) is 4.41. The number of ether oxygens (including phenoxy) is 1. The third-order valence-electron chi connectivity index (χ3n) is 3.67. The van der Waals surface area contributed by atoms with Crippen LogP contribution in [0.15, 0.2) is 24.3 Å². The third-order valence-corrected chi connectivity index (χ3v) is 3.67. The van der Waals surface area contributed by atoms with Crippen molar-refractivity contribution < 1.29 is 19.3 Å². The van der Waals surface area contributed by atoms with Crippen LogP contribution in [0.1, 0.15) is 31.2 Å². The van der Waals surface area contributed by atoms with Gasteiger partial charge < -0.3 is 4.74 Å². The largest absolute Gasteiger partial charge is 0.352 e. The van der Waals surface area contributed by atoms with Crippen molar-refractivity contribution in [1.29, 1.82) is 0 Å². The Hall–Kier alpha value is -0.970. The lowest BCUT2D eigenvalue weighted by atomic mass is 9.78. The molecule has 17 heavy (non-hydrogen) atoms. The summed E-state index contributed by atoms with van der Waals surface area (Å²) in [6.07, 6.45) is 2.66. The highest BCUT2D eigenvalue weighted by Crippen LogP contribution is 2.45. The van der Waals surface area contributed by atoms with Crippen molar-refractivity contribution in [2.24, 2.45) is 0 Å². The van der Waals surface area contributed by atoms with E-state index in [1.807, 2.05) is 0 Å². The van der Waals surface area contributed by atoms with Gasteiger partial charge in [-0.3, -0.25) is 0 Å². The number of halogens is 1. The summed E-state index contributed by atoms with van der Waals surface area (Å²) in [6, 6.07) is 6.62. The van der Waals surface area contributed by atoms with Gasteiger partial charge >= 0.3 is 0 Å². The second-order valence-electron chi connectivity index (χ2n) is 4.52. The molecule has 4 heteroatoms. The van der Waals surface area contributed by atoms with Gasteiger partial charge in [-0.05, 0) is 24.5 Å². The van der Waals surface area contributed by atoms with E-state index in [-0.39, 0.29) is 5.82 Å². The first-order valence-electron chi connectivity index (χ1n) is 5.82. The van der Waals surface area contributed by atoms with Crippen molar-refractivity contribution in [1.82, 2.24) is 0 Å². The SMILES string of the molecule is COC(OO)C1(c2ccccc2F)CCCC1. The van der Waals surface area contributed by atoms with E-state index in [9.17, 15) is 4.39 Å². The Morgan fingerprint density at radius 2 is 1.94 bits per heavy atom. The first kappa shape index (κ1) is 12.5. The van der Waals surface area contributed by atoms with Crippen LogP contribution in [0.2, 0.25) is 0 Å². The average Bonchev–Trinajstić information content (AvgIpc) is 2.81. The van der Waals surface area contributed by atoms with Crippen molar-refractivity contribution in [3.63, 3.8) is 0 Å². The second kappa shape index (κ2) is 5.12. The van der Waals surface area contributed by atoms with Crippen LogP contribution in [0.25, 0.3) is 0 Å². The summed E-state index contributed by atoms with van der Waals surface area (Å²) >= 11 is 0. The molecular formula is C13H17FO3. The lowest BCUT2D eigenvalue weighted by Crippen LogP contribution is -2.40. The summed E-state index contributed by atoms with van der Waals surface area (Å²) in [7, 11) is 1.46. The Bertz CT molecular complexity index is 371. The van der Waals surface area contributed by atoms with Gasteiger partial charge in [-0.2, -0.15) is 0 Å². The first-order chi connectivity index (χ1) is 8.24. The molecule has 1 aliphatic rings. The topological polar surface area (TPSA) is 38.7 Å². The number of rotatable bonds is 4. The summed E-state index contributed by atoms with van der Waals surface area (Å²) in [6.45, 7) is 0. The van der Waals surface area contributed by atoms with Crippen molar-refractivity contribution >= 4 is 0 Å². The van der Waals surface area contributed by atoms with E-state index in [1.54, 1.807) is 18.2 Å². The highest BCUT2D eigenvalue weighted by atomic mass is 19.1. The fourth-order valence-electron chi connectivity index (χ4n) is 2.87. The van der Waals surface area contributed by atoms with Crippen LogP contribution in [-0.4, -0.2) is 18.7 Å². The van der Waals surface area contributed by atoms with Crippen LogP contribution in [0, 0.1) is 5.82 Å². The second-order valence-corrected chi connectivity index (χ2v) is 4.52. The molecule has 0 aliphatic heterocycles. The average molecular weight is 240 g/mol. The maximum Gasteiger partial charge on any atom is 0.200 e. The predicted octanol–water partition coefficient (Wildman–Crippen LogP) is 3.10. The molecule has 0 spiro atoms. The van der Waals surface area contributed by atoms with Gasteiger partial charge in [0, 0.05) is 7.11 Å². The van der Waals surface area contributed by atoms with Crippen LogP contribution >= 0.6 is 0 Å². The maximum atomic E-state index is 13.9. The van der Waals surface area contributed by atoms with Gasteiger partial charge in [-0.15, -0.1) is 0 Å². The summed E-state index contributed by atoms with van der Waals surface area (Å²) in [5.41, 5.74) is -0.00660. The van der Waals surface area contributed by atoms with Crippen molar-refractivity contribution in [2.45, 2.75) is 37.4 Å². The molecule has 0 radical (unpaired) electrons. The number of hydrogen-bond acceptors (Lipinski definition) is 3. The lowest BCUT2D eigenvalue weighted by molar-refractivity contribution is -0.359. The third kappa shape index (κ3) is 2.08. The normalized spacial score (nSPS) is 20.4. The zero-order valence-electron chi connectivity index (χ0n) is 9.86. The van der Waals surface area contributed by atoms with E-state index in [0.29, 0.717) is 5.56 Å². The minimum atomic E-state index is -0.818. The summed E-state index contributed by atoms with van der Waals surface area (Å²) < 4.78 is 19.1.